The number of aryl methyl sites for hydroxylation is 1. The fraction of sp³-hybridized carbons (Fsp3) is 0.300. The molecule has 0 bridgehead atoms. The third kappa shape index (κ3) is 2.78. The topological polar surface area (TPSA) is 110 Å². The van der Waals surface area contributed by atoms with Crippen LogP contribution in [-0.2, 0) is 6.42 Å². The van der Waals surface area contributed by atoms with Crippen molar-refractivity contribution >= 4 is 11.5 Å². The molecule has 2 heterocycles. The van der Waals surface area contributed by atoms with Gasteiger partial charge in [-0.25, -0.2) is 9.97 Å². The molecule has 8 heteroatoms. The van der Waals surface area contributed by atoms with Gasteiger partial charge in [-0.2, -0.15) is 5.10 Å². The summed E-state index contributed by atoms with van der Waals surface area (Å²) in [5, 5.41) is 20.2. The summed E-state index contributed by atoms with van der Waals surface area (Å²) in [4.78, 5) is 18.3. The third-order valence-electron chi connectivity index (χ3n) is 2.39. The minimum Gasteiger partial charge on any atom is -0.370 e. The molecule has 0 aliphatic heterocycles. The third-order valence-corrected chi connectivity index (χ3v) is 2.39. The van der Waals surface area contributed by atoms with Crippen LogP contribution in [0.2, 0.25) is 0 Å². The van der Waals surface area contributed by atoms with E-state index in [0.29, 0.717) is 24.5 Å². The average molecular weight is 248 g/mol. The van der Waals surface area contributed by atoms with Gasteiger partial charge in [0.05, 0.1) is 4.92 Å². The zero-order valence-electron chi connectivity index (χ0n) is 9.75. The Morgan fingerprint density at radius 1 is 1.50 bits per heavy atom. The van der Waals surface area contributed by atoms with Crippen LogP contribution in [-0.4, -0.2) is 31.6 Å². The molecule has 0 aromatic carbocycles. The molecule has 0 saturated carbocycles. The molecule has 2 aromatic heterocycles. The molecule has 2 N–H and O–H groups in total. The second-order valence-corrected chi connectivity index (χ2v) is 3.67. The van der Waals surface area contributed by atoms with E-state index in [1.165, 1.54) is 12.4 Å². The van der Waals surface area contributed by atoms with Gasteiger partial charge in [0.1, 0.15) is 23.7 Å². The maximum Gasteiger partial charge on any atom is 0.290 e. The van der Waals surface area contributed by atoms with Crippen LogP contribution in [0.15, 0.2) is 18.5 Å². The van der Waals surface area contributed by atoms with E-state index in [0.717, 1.165) is 5.82 Å². The maximum absolute atomic E-state index is 10.6. The van der Waals surface area contributed by atoms with E-state index in [2.05, 4.69) is 25.5 Å². The molecule has 0 aliphatic rings. The molecular formula is C10H12N6O2. The molecule has 18 heavy (non-hydrogen) atoms. The number of aromatic amines is 1. The second kappa shape index (κ2) is 5.21. The number of nitrogens with zero attached hydrogens (tertiary/aromatic N) is 4. The number of aromatic nitrogens is 4. The van der Waals surface area contributed by atoms with Crippen molar-refractivity contribution < 1.29 is 4.92 Å². The van der Waals surface area contributed by atoms with E-state index in [9.17, 15) is 10.1 Å². The average Bonchev–Trinajstić information content (AvgIpc) is 2.81. The van der Waals surface area contributed by atoms with Gasteiger partial charge in [0.15, 0.2) is 0 Å². The molecule has 0 saturated heterocycles. The van der Waals surface area contributed by atoms with Crippen molar-refractivity contribution in [1.82, 2.24) is 20.2 Å². The highest BCUT2D eigenvalue weighted by Crippen LogP contribution is 2.17. The number of nitrogens with one attached hydrogen (secondary N) is 2. The zero-order chi connectivity index (χ0) is 13.0. The molecule has 0 fully saturated rings. The standard InChI is InChI=1S/C10H12N6O2/c1-7-8(16(17)18)2-3-9(14-7)11-5-4-10-12-6-13-15-10/h2-3,6H,4-5H2,1H3,(H,11,14)(H,12,13,15). The summed E-state index contributed by atoms with van der Waals surface area (Å²) in [6, 6.07) is 3.03. The minimum atomic E-state index is -0.444. The largest absolute Gasteiger partial charge is 0.370 e. The number of hydrogen-bond donors (Lipinski definition) is 2. The smallest absolute Gasteiger partial charge is 0.290 e. The summed E-state index contributed by atoms with van der Waals surface area (Å²) in [5.41, 5.74) is 0.417. The molecular weight excluding hydrogens is 236 g/mol. The van der Waals surface area contributed by atoms with Crippen molar-refractivity contribution in [2.24, 2.45) is 0 Å². The van der Waals surface area contributed by atoms with Gasteiger partial charge in [-0.3, -0.25) is 15.2 Å². The summed E-state index contributed by atoms with van der Waals surface area (Å²) in [7, 11) is 0. The van der Waals surface area contributed by atoms with E-state index in [1.807, 2.05) is 0 Å². The Labute approximate surface area is 103 Å². The highest BCUT2D eigenvalue weighted by atomic mass is 16.6. The Balaban J connectivity index is 1.94. The number of nitro groups is 1. The van der Waals surface area contributed by atoms with Gasteiger partial charge in [0.25, 0.3) is 5.69 Å². The van der Waals surface area contributed by atoms with Crippen LogP contribution < -0.4 is 5.32 Å². The fourth-order valence-corrected chi connectivity index (χ4v) is 1.51. The number of anilines is 1. The van der Waals surface area contributed by atoms with Crippen LogP contribution in [0.3, 0.4) is 0 Å². The first-order valence-corrected chi connectivity index (χ1v) is 5.37. The van der Waals surface area contributed by atoms with Gasteiger partial charge < -0.3 is 5.32 Å². The number of H-pyrrole nitrogens is 1. The van der Waals surface area contributed by atoms with Crippen LogP contribution in [0.4, 0.5) is 11.5 Å². The van der Waals surface area contributed by atoms with Crippen LogP contribution in [0, 0.1) is 17.0 Å². The lowest BCUT2D eigenvalue weighted by Gasteiger charge is -2.05. The predicted octanol–water partition coefficient (Wildman–Crippen LogP) is 1.07. The van der Waals surface area contributed by atoms with Crippen molar-refractivity contribution in [3.8, 4) is 0 Å². The van der Waals surface area contributed by atoms with Gasteiger partial charge in [0.2, 0.25) is 0 Å². The Bertz CT molecular complexity index is 539. The lowest BCUT2D eigenvalue weighted by Crippen LogP contribution is -2.08. The first-order valence-electron chi connectivity index (χ1n) is 5.37. The normalized spacial score (nSPS) is 10.3. The van der Waals surface area contributed by atoms with Gasteiger partial charge in [-0.05, 0) is 13.0 Å². The molecule has 0 atom stereocenters. The van der Waals surface area contributed by atoms with Gasteiger partial charge in [0, 0.05) is 19.0 Å². The molecule has 8 nitrogen and oxygen atoms in total. The molecule has 0 amide bonds. The monoisotopic (exact) mass is 248 g/mol. The van der Waals surface area contributed by atoms with E-state index >= 15 is 0 Å². The molecule has 0 unspecified atom stereocenters. The number of hydrogen-bond acceptors (Lipinski definition) is 6. The molecule has 0 radical (unpaired) electrons. The Morgan fingerprint density at radius 3 is 2.94 bits per heavy atom. The first kappa shape index (κ1) is 12.0. The second-order valence-electron chi connectivity index (χ2n) is 3.67. The van der Waals surface area contributed by atoms with Crippen LogP contribution in [0.1, 0.15) is 11.5 Å². The number of pyridine rings is 1. The van der Waals surface area contributed by atoms with E-state index in [-0.39, 0.29) is 5.69 Å². The summed E-state index contributed by atoms with van der Waals surface area (Å²) in [6.45, 7) is 2.24. The predicted molar refractivity (Wildman–Crippen MR) is 64.2 cm³/mol. The number of rotatable bonds is 5. The Hall–Kier alpha value is -2.51. The lowest BCUT2D eigenvalue weighted by atomic mass is 10.3. The first-order chi connectivity index (χ1) is 8.66. The zero-order valence-corrected chi connectivity index (χ0v) is 9.75. The summed E-state index contributed by atoms with van der Waals surface area (Å²) in [5.74, 6) is 1.39. The van der Waals surface area contributed by atoms with Crippen LogP contribution >= 0.6 is 0 Å². The summed E-state index contributed by atoms with van der Waals surface area (Å²) >= 11 is 0. The molecule has 0 spiro atoms. The molecule has 2 aromatic rings. The summed E-state index contributed by atoms with van der Waals surface area (Å²) < 4.78 is 0. The molecule has 2 rings (SSSR count). The van der Waals surface area contributed by atoms with Crippen molar-refractivity contribution in [1.29, 1.82) is 0 Å². The van der Waals surface area contributed by atoms with Gasteiger partial charge in [-0.15, -0.1) is 0 Å². The van der Waals surface area contributed by atoms with Crippen molar-refractivity contribution in [2.45, 2.75) is 13.3 Å². The van der Waals surface area contributed by atoms with Crippen LogP contribution in [0.5, 0.6) is 0 Å². The highest BCUT2D eigenvalue weighted by Gasteiger charge is 2.11. The quantitative estimate of drug-likeness (QED) is 0.605. The van der Waals surface area contributed by atoms with E-state index in [1.54, 1.807) is 13.0 Å². The van der Waals surface area contributed by atoms with E-state index < -0.39 is 4.92 Å². The van der Waals surface area contributed by atoms with Crippen molar-refractivity contribution in [3.63, 3.8) is 0 Å². The highest BCUT2D eigenvalue weighted by molar-refractivity contribution is 5.44. The minimum absolute atomic E-state index is 0.0239. The van der Waals surface area contributed by atoms with E-state index in [4.69, 9.17) is 0 Å². The lowest BCUT2D eigenvalue weighted by molar-refractivity contribution is -0.385. The molecule has 94 valence electrons. The SMILES string of the molecule is Cc1nc(NCCc2ncn[nH]2)ccc1[N+](=O)[O-]. The maximum atomic E-state index is 10.6. The fourth-order valence-electron chi connectivity index (χ4n) is 1.51. The van der Waals surface area contributed by atoms with Gasteiger partial charge >= 0.3 is 0 Å². The van der Waals surface area contributed by atoms with Crippen molar-refractivity contribution in [2.75, 3.05) is 11.9 Å². The summed E-state index contributed by atoms with van der Waals surface area (Å²) in [6.07, 6.45) is 2.13. The Morgan fingerprint density at radius 2 is 2.33 bits per heavy atom. The van der Waals surface area contributed by atoms with Crippen LogP contribution in [0.25, 0.3) is 0 Å². The van der Waals surface area contributed by atoms with Gasteiger partial charge in [-0.1, -0.05) is 0 Å². The Kier molecular flexibility index (Phi) is 3.46. The molecule has 0 aliphatic carbocycles. The van der Waals surface area contributed by atoms with Crippen molar-refractivity contribution in [3.05, 3.63) is 40.1 Å².